The second-order valence-electron chi connectivity index (χ2n) is 6.62. The summed E-state index contributed by atoms with van der Waals surface area (Å²) >= 11 is 0. The highest BCUT2D eigenvalue weighted by Crippen LogP contribution is 2.25. The van der Waals surface area contributed by atoms with E-state index in [1.165, 1.54) is 16.3 Å². The Morgan fingerprint density at radius 2 is 1.46 bits per heavy atom. The second kappa shape index (κ2) is 7.08. The van der Waals surface area contributed by atoms with Crippen molar-refractivity contribution in [3.63, 3.8) is 0 Å². The number of pyridine rings is 1. The van der Waals surface area contributed by atoms with Crippen molar-refractivity contribution < 1.29 is 0 Å². The van der Waals surface area contributed by atoms with Gasteiger partial charge in [-0.25, -0.2) is 9.97 Å². The molecule has 28 heavy (non-hydrogen) atoms. The largest absolute Gasteiger partial charge is 0.365 e. The number of aromatic nitrogens is 3. The van der Waals surface area contributed by atoms with Crippen LogP contribution in [0.25, 0.3) is 33.2 Å². The van der Waals surface area contributed by atoms with Gasteiger partial charge >= 0.3 is 0 Å². The van der Waals surface area contributed by atoms with Crippen LogP contribution in [-0.4, -0.2) is 15.0 Å². The highest BCUT2D eigenvalue weighted by atomic mass is 15.0. The third-order valence-electron chi connectivity index (χ3n) is 4.82. The Kier molecular flexibility index (Phi) is 4.14. The molecule has 0 spiro atoms. The summed E-state index contributed by atoms with van der Waals surface area (Å²) in [5.74, 6) is 1.44. The molecule has 0 unspecified atom stereocenters. The van der Waals surface area contributed by atoms with E-state index in [0.717, 1.165) is 22.4 Å². The van der Waals surface area contributed by atoms with Crippen molar-refractivity contribution in [2.45, 2.75) is 6.54 Å². The first-order valence-electron chi connectivity index (χ1n) is 9.27. The van der Waals surface area contributed by atoms with E-state index < -0.39 is 0 Å². The van der Waals surface area contributed by atoms with Gasteiger partial charge < -0.3 is 5.32 Å². The summed E-state index contributed by atoms with van der Waals surface area (Å²) in [7, 11) is 0. The number of rotatable bonds is 4. The van der Waals surface area contributed by atoms with Crippen LogP contribution in [0.5, 0.6) is 0 Å². The SMILES string of the molecule is c1ccc(-c2nc(NCc3cccc4ccccc34)c3ccccc3n2)nc1. The van der Waals surface area contributed by atoms with E-state index in [-0.39, 0.29) is 0 Å². The zero-order valence-corrected chi connectivity index (χ0v) is 15.2. The third-order valence-corrected chi connectivity index (χ3v) is 4.82. The summed E-state index contributed by atoms with van der Waals surface area (Å²) in [5.41, 5.74) is 2.90. The van der Waals surface area contributed by atoms with Crippen molar-refractivity contribution in [1.29, 1.82) is 0 Å². The normalized spacial score (nSPS) is 11.0. The molecule has 0 radical (unpaired) electrons. The fraction of sp³-hybridized carbons (Fsp3) is 0.0417. The van der Waals surface area contributed by atoms with Crippen molar-refractivity contribution >= 4 is 27.5 Å². The first-order chi connectivity index (χ1) is 13.9. The van der Waals surface area contributed by atoms with Crippen molar-refractivity contribution in [2.24, 2.45) is 0 Å². The highest BCUT2D eigenvalue weighted by molar-refractivity contribution is 5.91. The van der Waals surface area contributed by atoms with E-state index in [4.69, 9.17) is 9.97 Å². The quantitative estimate of drug-likeness (QED) is 0.461. The van der Waals surface area contributed by atoms with Crippen LogP contribution in [0.4, 0.5) is 5.82 Å². The molecule has 0 saturated carbocycles. The molecule has 1 N–H and O–H groups in total. The van der Waals surface area contributed by atoms with Gasteiger partial charge in [0.05, 0.1) is 5.52 Å². The Hall–Kier alpha value is -3.79. The van der Waals surface area contributed by atoms with E-state index in [1.54, 1.807) is 6.20 Å². The zero-order chi connectivity index (χ0) is 18.8. The number of nitrogens with one attached hydrogen (secondary N) is 1. The number of hydrogen-bond acceptors (Lipinski definition) is 4. The van der Waals surface area contributed by atoms with Crippen LogP contribution in [-0.2, 0) is 6.54 Å². The van der Waals surface area contributed by atoms with Crippen LogP contribution in [0.15, 0.2) is 91.1 Å². The predicted molar refractivity (Wildman–Crippen MR) is 114 cm³/mol. The number of benzene rings is 3. The van der Waals surface area contributed by atoms with Crippen molar-refractivity contribution in [3.8, 4) is 11.5 Å². The minimum Gasteiger partial charge on any atom is -0.365 e. The van der Waals surface area contributed by atoms with Gasteiger partial charge in [-0.2, -0.15) is 0 Å². The minimum atomic E-state index is 0.625. The Labute approximate surface area is 162 Å². The lowest BCUT2D eigenvalue weighted by Gasteiger charge is -2.12. The maximum atomic E-state index is 4.78. The maximum Gasteiger partial charge on any atom is 0.180 e. The molecule has 5 aromatic rings. The number of fused-ring (bicyclic) bond motifs is 2. The predicted octanol–water partition coefficient (Wildman–Crippen LogP) is 5.46. The summed E-state index contributed by atoms with van der Waals surface area (Å²) in [5, 5.41) is 7.02. The average Bonchev–Trinajstić information content (AvgIpc) is 2.78. The molecule has 0 bridgehead atoms. The van der Waals surface area contributed by atoms with Gasteiger partial charge in [-0.3, -0.25) is 4.98 Å². The molecule has 0 amide bonds. The molecule has 0 saturated heterocycles. The maximum absolute atomic E-state index is 4.78. The molecule has 4 heteroatoms. The molecule has 4 nitrogen and oxygen atoms in total. The highest BCUT2D eigenvalue weighted by Gasteiger charge is 2.10. The molecule has 2 heterocycles. The van der Waals surface area contributed by atoms with Crippen LogP contribution >= 0.6 is 0 Å². The summed E-state index contributed by atoms with van der Waals surface area (Å²) in [6.07, 6.45) is 1.76. The van der Waals surface area contributed by atoms with Gasteiger partial charge in [0.2, 0.25) is 0 Å². The zero-order valence-electron chi connectivity index (χ0n) is 15.2. The van der Waals surface area contributed by atoms with Crippen LogP contribution < -0.4 is 5.32 Å². The topological polar surface area (TPSA) is 50.7 Å². The molecule has 5 rings (SSSR count). The first-order valence-corrected chi connectivity index (χ1v) is 9.27. The van der Waals surface area contributed by atoms with Crippen LogP contribution in [0.3, 0.4) is 0 Å². The lowest BCUT2D eigenvalue weighted by atomic mass is 10.0. The van der Waals surface area contributed by atoms with Crippen molar-refractivity contribution in [2.75, 3.05) is 5.32 Å². The lowest BCUT2D eigenvalue weighted by Crippen LogP contribution is -2.05. The number of anilines is 1. The smallest absolute Gasteiger partial charge is 0.180 e. The molecule has 0 atom stereocenters. The van der Waals surface area contributed by atoms with Gasteiger partial charge in [0.1, 0.15) is 11.5 Å². The monoisotopic (exact) mass is 362 g/mol. The molecule has 0 aliphatic heterocycles. The number of hydrogen-bond donors (Lipinski definition) is 1. The Balaban J connectivity index is 1.56. The van der Waals surface area contributed by atoms with Gasteiger partial charge in [0, 0.05) is 18.1 Å². The fourth-order valence-electron chi connectivity index (χ4n) is 3.45. The van der Waals surface area contributed by atoms with E-state index in [0.29, 0.717) is 12.4 Å². The molecular weight excluding hydrogens is 344 g/mol. The van der Waals surface area contributed by atoms with Gasteiger partial charge in [0.15, 0.2) is 5.82 Å². The molecule has 134 valence electrons. The fourth-order valence-corrected chi connectivity index (χ4v) is 3.45. The van der Waals surface area contributed by atoms with Crippen molar-refractivity contribution in [3.05, 3.63) is 96.7 Å². The molecule has 0 fully saturated rings. The second-order valence-corrected chi connectivity index (χ2v) is 6.62. The lowest BCUT2D eigenvalue weighted by molar-refractivity contribution is 1.11. The van der Waals surface area contributed by atoms with Crippen LogP contribution in [0.1, 0.15) is 5.56 Å². The standard InChI is InChI=1S/C24H18N4/c1-2-11-19-17(8-1)9-7-10-18(19)16-26-23-20-12-3-4-13-21(20)27-24(28-23)22-14-5-6-15-25-22/h1-15H,16H2,(H,26,27,28). The number of para-hydroxylation sites is 1. The van der Waals surface area contributed by atoms with Crippen LogP contribution in [0, 0.1) is 0 Å². The van der Waals surface area contributed by atoms with E-state index in [2.05, 4.69) is 52.8 Å². The average molecular weight is 362 g/mol. The van der Waals surface area contributed by atoms with E-state index >= 15 is 0 Å². The van der Waals surface area contributed by atoms with E-state index in [1.807, 2.05) is 42.5 Å². The third kappa shape index (κ3) is 3.05. The van der Waals surface area contributed by atoms with E-state index in [9.17, 15) is 0 Å². The summed E-state index contributed by atoms with van der Waals surface area (Å²) in [6.45, 7) is 0.685. The summed E-state index contributed by atoms with van der Waals surface area (Å²) < 4.78 is 0. The summed E-state index contributed by atoms with van der Waals surface area (Å²) in [4.78, 5) is 13.9. The molecule has 0 aliphatic carbocycles. The Morgan fingerprint density at radius 3 is 2.36 bits per heavy atom. The first kappa shape index (κ1) is 16.4. The molecule has 2 aromatic heterocycles. The molecular formula is C24H18N4. The Morgan fingerprint density at radius 1 is 0.679 bits per heavy atom. The van der Waals surface area contributed by atoms with Gasteiger partial charge in [0.25, 0.3) is 0 Å². The van der Waals surface area contributed by atoms with Crippen LogP contribution in [0.2, 0.25) is 0 Å². The summed E-state index contributed by atoms with van der Waals surface area (Å²) in [6, 6.07) is 28.6. The molecule has 3 aromatic carbocycles. The van der Waals surface area contributed by atoms with Gasteiger partial charge in [-0.15, -0.1) is 0 Å². The minimum absolute atomic E-state index is 0.625. The Bertz CT molecular complexity index is 1260. The van der Waals surface area contributed by atoms with Crippen molar-refractivity contribution in [1.82, 2.24) is 15.0 Å². The van der Waals surface area contributed by atoms with Gasteiger partial charge in [-0.05, 0) is 40.6 Å². The molecule has 0 aliphatic rings. The number of nitrogens with zero attached hydrogens (tertiary/aromatic N) is 3. The van der Waals surface area contributed by atoms with Gasteiger partial charge in [-0.1, -0.05) is 60.7 Å².